The third-order valence-corrected chi connectivity index (χ3v) is 6.29. The van der Waals surface area contributed by atoms with Crippen molar-refractivity contribution in [3.63, 3.8) is 0 Å². The number of rotatable bonds is 4. The quantitative estimate of drug-likeness (QED) is 0.776. The molecule has 9 heteroatoms. The van der Waals surface area contributed by atoms with Crippen LogP contribution in [0.3, 0.4) is 0 Å². The number of fused-ring (bicyclic) bond motifs is 1. The Hall–Kier alpha value is -2.00. The second kappa shape index (κ2) is 6.48. The van der Waals surface area contributed by atoms with Gasteiger partial charge in [0.25, 0.3) is 5.91 Å². The van der Waals surface area contributed by atoms with Gasteiger partial charge in [0.1, 0.15) is 0 Å². The second-order valence-electron chi connectivity index (χ2n) is 6.13. The number of carbonyl (C=O) groups excluding carboxylic acids is 1. The standard InChI is InChI=1S/C15H19N3O5S/c19-14(20)3-6-17-7-8-18(13-10-24(22,23)9-12(13)17)15(21)11-1-4-16-5-2-11/h1-2,4-5,12-13H,3,6-10H2,(H,19,20)/t12-,13+/m1/s1. The van der Waals surface area contributed by atoms with Crippen LogP contribution in [0.1, 0.15) is 16.8 Å². The summed E-state index contributed by atoms with van der Waals surface area (Å²) in [5.74, 6) is -1.22. The first-order chi connectivity index (χ1) is 11.4. The number of nitrogens with zero attached hydrogens (tertiary/aromatic N) is 3. The van der Waals surface area contributed by atoms with Crippen LogP contribution in [0.5, 0.6) is 0 Å². The van der Waals surface area contributed by atoms with Gasteiger partial charge in [-0.05, 0) is 12.1 Å². The van der Waals surface area contributed by atoms with Crippen molar-refractivity contribution in [2.45, 2.75) is 18.5 Å². The summed E-state index contributed by atoms with van der Waals surface area (Å²) in [5, 5.41) is 8.86. The summed E-state index contributed by atoms with van der Waals surface area (Å²) in [7, 11) is -3.24. The Balaban J connectivity index is 1.82. The minimum Gasteiger partial charge on any atom is -0.481 e. The minimum atomic E-state index is -3.24. The largest absolute Gasteiger partial charge is 0.481 e. The molecule has 2 atom stereocenters. The van der Waals surface area contributed by atoms with Crippen molar-refractivity contribution >= 4 is 21.7 Å². The molecule has 24 heavy (non-hydrogen) atoms. The predicted octanol–water partition coefficient (Wildman–Crippen LogP) is -0.520. The first-order valence-corrected chi connectivity index (χ1v) is 9.57. The van der Waals surface area contributed by atoms with Gasteiger partial charge in [0.15, 0.2) is 9.84 Å². The van der Waals surface area contributed by atoms with E-state index in [0.29, 0.717) is 25.2 Å². The Labute approximate surface area is 140 Å². The summed E-state index contributed by atoms with van der Waals surface area (Å²) < 4.78 is 24.2. The summed E-state index contributed by atoms with van der Waals surface area (Å²) in [4.78, 5) is 30.9. The minimum absolute atomic E-state index is 0.0303. The van der Waals surface area contributed by atoms with Crippen LogP contribution >= 0.6 is 0 Å². The molecule has 0 saturated carbocycles. The van der Waals surface area contributed by atoms with E-state index in [1.165, 1.54) is 12.4 Å². The molecule has 0 aliphatic carbocycles. The molecule has 0 unspecified atom stereocenters. The zero-order chi connectivity index (χ0) is 17.3. The van der Waals surface area contributed by atoms with Crippen LogP contribution in [-0.2, 0) is 14.6 Å². The highest BCUT2D eigenvalue weighted by atomic mass is 32.2. The monoisotopic (exact) mass is 353 g/mol. The van der Waals surface area contributed by atoms with Crippen LogP contribution in [0.4, 0.5) is 0 Å². The average molecular weight is 353 g/mol. The van der Waals surface area contributed by atoms with Gasteiger partial charge < -0.3 is 10.0 Å². The highest BCUT2D eigenvalue weighted by Gasteiger charge is 2.47. The van der Waals surface area contributed by atoms with Crippen molar-refractivity contribution in [3.8, 4) is 0 Å². The number of carboxylic acids is 1. The number of aromatic nitrogens is 1. The van der Waals surface area contributed by atoms with Crippen LogP contribution < -0.4 is 0 Å². The summed E-state index contributed by atoms with van der Waals surface area (Å²) in [6, 6.07) is 2.45. The van der Waals surface area contributed by atoms with E-state index in [-0.39, 0.29) is 29.9 Å². The molecule has 2 aliphatic rings. The Morgan fingerprint density at radius 2 is 1.83 bits per heavy atom. The van der Waals surface area contributed by atoms with E-state index in [0.717, 1.165) is 0 Å². The lowest BCUT2D eigenvalue weighted by atomic mass is 10.0. The van der Waals surface area contributed by atoms with Crippen LogP contribution in [-0.4, -0.2) is 83.4 Å². The number of pyridine rings is 1. The molecule has 8 nitrogen and oxygen atoms in total. The second-order valence-corrected chi connectivity index (χ2v) is 8.28. The van der Waals surface area contributed by atoms with E-state index in [9.17, 15) is 18.0 Å². The lowest BCUT2D eigenvalue weighted by Crippen LogP contribution is -2.60. The molecule has 0 bridgehead atoms. The van der Waals surface area contributed by atoms with E-state index >= 15 is 0 Å². The first kappa shape index (κ1) is 16.8. The molecule has 2 saturated heterocycles. The summed E-state index contributed by atoms with van der Waals surface area (Å²) in [6.45, 7) is 1.15. The molecule has 3 heterocycles. The van der Waals surface area contributed by atoms with Crippen LogP contribution in [0.2, 0.25) is 0 Å². The lowest BCUT2D eigenvalue weighted by molar-refractivity contribution is -0.137. The maximum atomic E-state index is 12.7. The molecular weight excluding hydrogens is 334 g/mol. The molecule has 1 N–H and O–H groups in total. The molecule has 0 spiro atoms. The molecule has 1 aromatic heterocycles. The van der Waals surface area contributed by atoms with Gasteiger partial charge in [0.2, 0.25) is 0 Å². The number of sulfone groups is 1. The molecule has 0 radical (unpaired) electrons. The molecule has 2 fully saturated rings. The van der Waals surface area contributed by atoms with Crippen molar-refractivity contribution in [3.05, 3.63) is 30.1 Å². The van der Waals surface area contributed by atoms with Crippen molar-refractivity contribution in [1.82, 2.24) is 14.8 Å². The van der Waals surface area contributed by atoms with E-state index in [1.807, 2.05) is 4.90 Å². The Kier molecular flexibility index (Phi) is 4.55. The number of hydrogen-bond donors (Lipinski definition) is 1. The van der Waals surface area contributed by atoms with E-state index < -0.39 is 21.8 Å². The van der Waals surface area contributed by atoms with E-state index in [4.69, 9.17) is 5.11 Å². The van der Waals surface area contributed by atoms with Crippen molar-refractivity contribution < 1.29 is 23.1 Å². The number of hydrogen-bond acceptors (Lipinski definition) is 6. The number of aliphatic carboxylic acids is 1. The average Bonchev–Trinajstić information content (AvgIpc) is 2.87. The van der Waals surface area contributed by atoms with Gasteiger partial charge in [0.05, 0.1) is 24.0 Å². The Morgan fingerprint density at radius 1 is 1.17 bits per heavy atom. The normalized spacial score (nSPS) is 26.1. The maximum absolute atomic E-state index is 12.7. The topological polar surface area (TPSA) is 108 Å². The molecule has 2 aliphatic heterocycles. The van der Waals surface area contributed by atoms with Crippen molar-refractivity contribution in [2.24, 2.45) is 0 Å². The number of carbonyl (C=O) groups is 2. The maximum Gasteiger partial charge on any atom is 0.304 e. The fraction of sp³-hybridized carbons (Fsp3) is 0.533. The highest BCUT2D eigenvalue weighted by Crippen LogP contribution is 2.28. The summed E-state index contributed by atoms with van der Waals surface area (Å²) >= 11 is 0. The van der Waals surface area contributed by atoms with Gasteiger partial charge in [-0.25, -0.2) is 8.42 Å². The smallest absolute Gasteiger partial charge is 0.304 e. The summed E-state index contributed by atoms with van der Waals surface area (Å²) in [6.07, 6.45) is 3.01. The predicted molar refractivity (Wildman–Crippen MR) is 85.3 cm³/mol. The van der Waals surface area contributed by atoms with Crippen molar-refractivity contribution in [1.29, 1.82) is 0 Å². The lowest BCUT2D eigenvalue weighted by Gasteiger charge is -2.43. The third-order valence-electron chi connectivity index (χ3n) is 4.59. The Morgan fingerprint density at radius 3 is 2.50 bits per heavy atom. The van der Waals surface area contributed by atoms with Gasteiger partial charge in [-0.15, -0.1) is 0 Å². The van der Waals surface area contributed by atoms with Gasteiger partial charge >= 0.3 is 5.97 Å². The first-order valence-electron chi connectivity index (χ1n) is 7.75. The van der Waals surface area contributed by atoms with Gasteiger partial charge in [0, 0.05) is 43.6 Å². The van der Waals surface area contributed by atoms with Gasteiger partial charge in [-0.1, -0.05) is 0 Å². The molecule has 0 aromatic carbocycles. The molecule has 1 amide bonds. The third kappa shape index (κ3) is 3.41. The fourth-order valence-electron chi connectivity index (χ4n) is 3.45. The summed E-state index contributed by atoms with van der Waals surface area (Å²) in [5.41, 5.74) is 0.479. The molecular formula is C15H19N3O5S. The zero-order valence-corrected chi connectivity index (χ0v) is 13.9. The SMILES string of the molecule is O=C(O)CCN1CCN(C(=O)c2ccncc2)[C@H]2CS(=O)(=O)C[C@H]21. The van der Waals surface area contributed by atoms with Gasteiger partial charge in [-0.2, -0.15) is 0 Å². The van der Waals surface area contributed by atoms with Crippen LogP contribution in [0.25, 0.3) is 0 Å². The Bertz CT molecular complexity index is 737. The zero-order valence-electron chi connectivity index (χ0n) is 13.0. The van der Waals surface area contributed by atoms with Crippen LogP contribution in [0.15, 0.2) is 24.5 Å². The number of piperazine rings is 1. The molecule has 3 rings (SSSR count). The number of carboxylic acid groups (broad SMARTS) is 1. The number of amides is 1. The van der Waals surface area contributed by atoms with E-state index in [1.54, 1.807) is 17.0 Å². The van der Waals surface area contributed by atoms with E-state index in [2.05, 4.69) is 4.98 Å². The van der Waals surface area contributed by atoms with Crippen LogP contribution in [0, 0.1) is 0 Å². The highest BCUT2D eigenvalue weighted by molar-refractivity contribution is 7.91. The molecule has 1 aromatic rings. The van der Waals surface area contributed by atoms with Crippen molar-refractivity contribution in [2.75, 3.05) is 31.1 Å². The van der Waals surface area contributed by atoms with Gasteiger partial charge in [-0.3, -0.25) is 19.5 Å². The molecule has 130 valence electrons. The fourth-order valence-corrected chi connectivity index (χ4v) is 5.47.